The molecule has 0 aliphatic carbocycles. The van der Waals surface area contributed by atoms with Crippen LogP contribution < -0.4 is 0 Å². The summed E-state index contributed by atoms with van der Waals surface area (Å²) >= 11 is 0. The van der Waals surface area contributed by atoms with Gasteiger partial charge >= 0.3 is 6.18 Å². The molecule has 0 saturated carbocycles. The van der Waals surface area contributed by atoms with Crippen LogP contribution in [-0.2, 0) is 4.79 Å². The third-order valence-corrected chi connectivity index (χ3v) is 4.88. The number of nitrogens with zero attached hydrogens (tertiary/aromatic N) is 2. The molecule has 2 saturated heterocycles. The second-order valence-electron chi connectivity index (χ2n) is 6.40. The predicted octanol–water partition coefficient (Wildman–Crippen LogP) is 3.03. The minimum Gasteiger partial charge on any atom is -0.332 e. The van der Waals surface area contributed by atoms with Crippen molar-refractivity contribution in [2.75, 3.05) is 26.2 Å². The maximum Gasteiger partial charge on any atom is 0.406 e. The van der Waals surface area contributed by atoms with Gasteiger partial charge in [0.1, 0.15) is 6.54 Å². The fourth-order valence-corrected chi connectivity index (χ4v) is 3.70. The number of hydrogen-bond donors (Lipinski definition) is 0. The lowest BCUT2D eigenvalue weighted by Crippen LogP contribution is -2.46. The normalized spacial score (nSPS) is 24.4. The van der Waals surface area contributed by atoms with Gasteiger partial charge in [0.25, 0.3) is 0 Å². The summed E-state index contributed by atoms with van der Waals surface area (Å²) in [7, 11) is 0. The van der Waals surface area contributed by atoms with Crippen LogP contribution in [0.15, 0.2) is 30.3 Å². The van der Waals surface area contributed by atoms with E-state index in [-0.39, 0.29) is 18.5 Å². The Labute approximate surface area is 134 Å². The van der Waals surface area contributed by atoms with Crippen LogP contribution in [0.1, 0.15) is 30.7 Å². The van der Waals surface area contributed by atoms with E-state index in [0.717, 1.165) is 30.8 Å². The molecule has 0 N–H and O–H groups in total. The molecule has 0 radical (unpaired) electrons. The average Bonchev–Trinajstić information content (AvgIpc) is 2.88. The Bertz CT molecular complexity index is 539. The van der Waals surface area contributed by atoms with Crippen LogP contribution in [-0.4, -0.2) is 54.1 Å². The van der Waals surface area contributed by atoms with Gasteiger partial charge in [0.2, 0.25) is 5.91 Å². The number of hydrogen-bond acceptors (Lipinski definition) is 2. The smallest absolute Gasteiger partial charge is 0.332 e. The zero-order chi connectivity index (χ0) is 16.4. The fraction of sp³-hybridized carbons (Fsp3) is 0.588. The standard InChI is InChI=1S/C17H21F3N2O/c18-17(19,20)12-22-11-8-15(16(22)23)21-9-6-14(7-10-21)13-4-2-1-3-5-13/h1-5,14-15H,6-12H2. The minimum absolute atomic E-state index is 0.210. The summed E-state index contributed by atoms with van der Waals surface area (Å²) in [4.78, 5) is 15.2. The molecular formula is C17H21F3N2O. The van der Waals surface area contributed by atoms with Crippen LogP contribution in [0.25, 0.3) is 0 Å². The summed E-state index contributed by atoms with van der Waals surface area (Å²) in [6.07, 6.45) is -1.91. The van der Waals surface area contributed by atoms with E-state index >= 15 is 0 Å². The van der Waals surface area contributed by atoms with Crippen molar-refractivity contribution in [3.05, 3.63) is 35.9 Å². The van der Waals surface area contributed by atoms with Gasteiger partial charge in [-0.05, 0) is 43.8 Å². The molecule has 0 bridgehead atoms. The van der Waals surface area contributed by atoms with Crippen LogP contribution in [0.3, 0.4) is 0 Å². The summed E-state index contributed by atoms with van der Waals surface area (Å²) < 4.78 is 37.4. The highest BCUT2D eigenvalue weighted by Gasteiger charge is 2.42. The van der Waals surface area contributed by atoms with E-state index in [9.17, 15) is 18.0 Å². The molecule has 3 nitrogen and oxygen atoms in total. The predicted molar refractivity (Wildman–Crippen MR) is 81.0 cm³/mol. The summed E-state index contributed by atoms with van der Waals surface area (Å²) in [5, 5.41) is 0. The molecule has 1 amide bonds. The topological polar surface area (TPSA) is 23.6 Å². The van der Waals surface area contributed by atoms with Crippen LogP contribution in [0, 0.1) is 0 Å². The number of alkyl halides is 3. The molecule has 126 valence electrons. The highest BCUT2D eigenvalue weighted by Crippen LogP contribution is 2.31. The first-order valence-corrected chi connectivity index (χ1v) is 8.08. The molecule has 6 heteroatoms. The zero-order valence-electron chi connectivity index (χ0n) is 12.9. The summed E-state index contributed by atoms with van der Waals surface area (Å²) in [6.45, 7) is 0.635. The molecule has 23 heavy (non-hydrogen) atoms. The van der Waals surface area contributed by atoms with Crippen molar-refractivity contribution in [3.8, 4) is 0 Å². The quantitative estimate of drug-likeness (QED) is 0.852. The zero-order valence-corrected chi connectivity index (χ0v) is 12.9. The van der Waals surface area contributed by atoms with Gasteiger partial charge < -0.3 is 4.90 Å². The largest absolute Gasteiger partial charge is 0.406 e. The number of amides is 1. The number of piperidine rings is 1. The number of likely N-dealkylation sites (tertiary alicyclic amines) is 2. The Morgan fingerprint density at radius 3 is 2.26 bits per heavy atom. The van der Waals surface area contributed by atoms with E-state index in [1.54, 1.807) is 0 Å². The molecule has 3 rings (SSSR count). The van der Waals surface area contributed by atoms with Crippen LogP contribution >= 0.6 is 0 Å². The van der Waals surface area contributed by atoms with Crippen LogP contribution in [0.5, 0.6) is 0 Å². The Hall–Kier alpha value is -1.56. The highest BCUT2D eigenvalue weighted by atomic mass is 19.4. The molecule has 1 aromatic carbocycles. The van der Waals surface area contributed by atoms with Gasteiger partial charge in [-0.15, -0.1) is 0 Å². The highest BCUT2D eigenvalue weighted by molar-refractivity contribution is 5.84. The summed E-state index contributed by atoms with van der Waals surface area (Å²) in [5.74, 6) is 0.121. The monoisotopic (exact) mass is 326 g/mol. The number of rotatable bonds is 3. The number of carbonyl (C=O) groups is 1. The first kappa shape index (κ1) is 16.3. The number of carbonyl (C=O) groups excluding carboxylic acids is 1. The van der Waals surface area contributed by atoms with Gasteiger partial charge in [0.15, 0.2) is 0 Å². The Kier molecular flexibility index (Phi) is 4.62. The Balaban J connectivity index is 1.55. The van der Waals surface area contributed by atoms with E-state index < -0.39 is 12.7 Å². The first-order chi connectivity index (χ1) is 10.9. The Morgan fingerprint density at radius 2 is 1.65 bits per heavy atom. The van der Waals surface area contributed by atoms with Crippen LogP contribution in [0.2, 0.25) is 0 Å². The SMILES string of the molecule is O=C1C(N2CCC(c3ccccc3)CC2)CCN1CC(F)(F)F. The first-order valence-electron chi connectivity index (χ1n) is 8.08. The summed E-state index contributed by atoms with van der Waals surface area (Å²) in [6, 6.07) is 9.91. The van der Waals surface area contributed by atoms with Crippen molar-refractivity contribution in [3.63, 3.8) is 0 Å². The molecule has 2 aliphatic heterocycles. The second-order valence-corrected chi connectivity index (χ2v) is 6.40. The van der Waals surface area contributed by atoms with Gasteiger partial charge in [-0.2, -0.15) is 13.2 Å². The second kappa shape index (κ2) is 6.51. The molecule has 2 fully saturated rings. The van der Waals surface area contributed by atoms with Gasteiger partial charge in [0.05, 0.1) is 6.04 Å². The van der Waals surface area contributed by atoms with E-state index in [2.05, 4.69) is 17.0 Å². The van der Waals surface area contributed by atoms with Gasteiger partial charge in [-0.25, -0.2) is 0 Å². The molecular weight excluding hydrogens is 305 g/mol. The van der Waals surface area contributed by atoms with E-state index in [0.29, 0.717) is 12.3 Å². The third kappa shape index (κ3) is 3.86. The fourth-order valence-electron chi connectivity index (χ4n) is 3.70. The summed E-state index contributed by atoms with van der Waals surface area (Å²) in [5.41, 5.74) is 1.31. The lowest BCUT2D eigenvalue weighted by atomic mass is 9.89. The van der Waals surface area contributed by atoms with Crippen LogP contribution in [0.4, 0.5) is 13.2 Å². The van der Waals surface area contributed by atoms with Crippen molar-refractivity contribution >= 4 is 5.91 Å². The third-order valence-electron chi connectivity index (χ3n) is 4.88. The van der Waals surface area contributed by atoms with Crippen molar-refractivity contribution < 1.29 is 18.0 Å². The lowest BCUT2D eigenvalue weighted by Gasteiger charge is -2.35. The maximum atomic E-state index is 12.5. The molecule has 1 unspecified atom stereocenters. The lowest BCUT2D eigenvalue weighted by molar-refractivity contribution is -0.159. The van der Waals surface area contributed by atoms with Crippen molar-refractivity contribution in [2.45, 2.75) is 37.4 Å². The van der Waals surface area contributed by atoms with Crippen molar-refractivity contribution in [1.29, 1.82) is 0 Å². The molecule has 0 spiro atoms. The van der Waals surface area contributed by atoms with E-state index in [1.807, 2.05) is 18.2 Å². The van der Waals surface area contributed by atoms with Gasteiger partial charge in [-0.3, -0.25) is 9.69 Å². The van der Waals surface area contributed by atoms with Crippen molar-refractivity contribution in [2.24, 2.45) is 0 Å². The molecule has 1 aromatic rings. The maximum absolute atomic E-state index is 12.5. The molecule has 2 heterocycles. The molecule has 1 atom stereocenters. The average molecular weight is 326 g/mol. The minimum atomic E-state index is -4.31. The van der Waals surface area contributed by atoms with Crippen molar-refractivity contribution in [1.82, 2.24) is 9.80 Å². The van der Waals surface area contributed by atoms with E-state index in [4.69, 9.17) is 0 Å². The molecule has 2 aliphatic rings. The number of halogens is 3. The molecule has 0 aromatic heterocycles. The van der Waals surface area contributed by atoms with Gasteiger partial charge in [0, 0.05) is 6.54 Å². The van der Waals surface area contributed by atoms with Gasteiger partial charge in [-0.1, -0.05) is 30.3 Å². The Morgan fingerprint density at radius 1 is 1.00 bits per heavy atom. The van der Waals surface area contributed by atoms with E-state index in [1.165, 1.54) is 5.56 Å². The number of benzene rings is 1.